The average molecular weight is 212 g/mol. The summed E-state index contributed by atoms with van der Waals surface area (Å²) in [5, 5.41) is 4.17. The first kappa shape index (κ1) is 9.09. The molecular formula is C13H9FN2. The van der Waals surface area contributed by atoms with Crippen molar-refractivity contribution in [3.63, 3.8) is 0 Å². The summed E-state index contributed by atoms with van der Waals surface area (Å²) in [6.45, 7) is 0. The van der Waals surface area contributed by atoms with Crippen LogP contribution in [-0.2, 0) is 0 Å². The van der Waals surface area contributed by atoms with Crippen LogP contribution in [0, 0.1) is 5.82 Å². The fraction of sp³-hybridized carbons (Fsp3) is 0. The number of hydrogen-bond donors (Lipinski definition) is 0. The fourth-order valence-corrected chi connectivity index (χ4v) is 1.83. The molecule has 3 heteroatoms. The molecule has 1 aromatic carbocycles. The standard InChI is InChI=1S/C13H9FN2/c14-11-5-3-10(4-6-11)12-2-1-9-16-13(12)7-8-15-16/h1-9H. The molecule has 0 N–H and O–H groups in total. The highest BCUT2D eigenvalue weighted by Crippen LogP contribution is 2.24. The van der Waals surface area contributed by atoms with Crippen LogP contribution in [0.3, 0.4) is 0 Å². The van der Waals surface area contributed by atoms with E-state index in [0.29, 0.717) is 0 Å². The minimum Gasteiger partial charge on any atom is -0.240 e. The van der Waals surface area contributed by atoms with Crippen LogP contribution in [0.1, 0.15) is 0 Å². The maximum Gasteiger partial charge on any atom is 0.123 e. The Labute approximate surface area is 92.0 Å². The fourth-order valence-electron chi connectivity index (χ4n) is 1.83. The summed E-state index contributed by atoms with van der Waals surface area (Å²) in [5.41, 5.74) is 3.07. The number of pyridine rings is 1. The Morgan fingerprint density at radius 2 is 1.81 bits per heavy atom. The summed E-state index contributed by atoms with van der Waals surface area (Å²) in [5.74, 6) is -0.218. The highest BCUT2D eigenvalue weighted by molar-refractivity contribution is 5.79. The Morgan fingerprint density at radius 3 is 2.62 bits per heavy atom. The number of aromatic nitrogens is 2. The van der Waals surface area contributed by atoms with Crippen molar-refractivity contribution >= 4 is 5.52 Å². The highest BCUT2D eigenvalue weighted by Gasteiger charge is 2.03. The van der Waals surface area contributed by atoms with Crippen molar-refractivity contribution in [3.8, 4) is 11.1 Å². The highest BCUT2D eigenvalue weighted by atomic mass is 19.1. The molecule has 0 aliphatic carbocycles. The van der Waals surface area contributed by atoms with E-state index in [-0.39, 0.29) is 5.82 Å². The summed E-state index contributed by atoms with van der Waals surface area (Å²) < 4.78 is 14.6. The minimum atomic E-state index is -0.218. The molecule has 2 nitrogen and oxygen atoms in total. The lowest BCUT2D eigenvalue weighted by molar-refractivity contribution is 0.628. The molecule has 0 amide bonds. The maximum atomic E-state index is 12.8. The summed E-state index contributed by atoms with van der Waals surface area (Å²) in [6, 6.07) is 12.4. The molecule has 0 radical (unpaired) electrons. The van der Waals surface area contributed by atoms with E-state index in [2.05, 4.69) is 5.10 Å². The van der Waals surface area contributed by atoms with E-state index in [4.69, 9.17) is 0 Å². The third kappa shape index (κ3) is 1.37. The van der Waals surface area contributed by atoms with Crippen molar-refractivity contribution in [2.45, 2.75) is 0 Å². The first-order chi connectivity index (χ1) is 7.84. The number of fused-ring (bicyclic) bond motifs is 1. The maximum absolute atomic E-state index is 12.8. The van der Waals surface area contributed by atoms with Crippen LogP contribution in [0.2, 0.25) is 0 Å². The van der Waals surface area contributed by atoms with Crippen LogP contribution in [0.25, 0.3) is 16.6 Å². The SMILES string of the molecule is Fc1ccc(-c2cccn3nccc23)cc1. The molecule has 0 saturated carbocycles. The second-order valence-corrected chi connectivity index (χ2v) is 3.59. The van der Waals surface area contributed by atoms with E-state index in [0.717, 1.165) is 16.6 Å². The van der Waals surface area contributed by atoms with Crippen molar-refractivity contribution < 1.29 is 4.39 Å². The van der Waals surface area contributed by atoms with Gasteiger partial charge in [-0.25, -0.2) is 8.91 Å². The lowest BCUT2D eigenvalue weighted by Gasteiger charge is -2.03. The van der Waals surface area contributed by atoms with Crippen LogP contribution in [0.15, 0.2) is 54.9 Å². The van der Waals surface area contributed by atoms with Gasteiger partial charge in [0.25, 0.3) is 0 Å². The Kier molecular flexibility index (Phi) is 1.96. The quantitative estimate of drug-likeness (QED) is 0.605. The summed E-state index contributed by atoms with van der Waals surface area (Å²) >= 11 is 0. The molecule has 16 heavy (non-hydrogen) atoms. The van der Waals surface area contributed by atoms with Crippen molar-refractivity contribution in [1.82, 2.24) is 9.61 Å². The zero-order chi connectivity index (χ0) is 11.0. The van der Waals surface area contributed by atoms with E-state index >= 15 is 0 Å². The molecule has 0 bridgehead atoms. The first-order valence-corrected chi connectivity index (χ1v) is 5.03. The van der Waals surface area contributed by atoms with Gasteiger partial charge in [-0.05, 0) is 29.8 Å². The van der Waals surface area contributed by atoms with Gasteiger partial charge < -0.3 is 0 Å². The second-order valence-electron chi connectivity index (χ2n) is 3.59. The van der Waals surface area contributed by atoms with E-state index in [1.54, 1.807) is 22.8 Å². The Hall–Kier alpha value is -2.16. The van der Waals surface area contributed by atoms with E-state index in [1.165, 1.54) is 12.1 Å². The van der Waals surface area contributed by atoms with Gasteiger partial charge in [0, 0.05) is 18.0 Å². The lowest BCUT2D eigenvalue weighted by atomic mass is 10.1. The number of hydrogen-bond acceptors (Lipinski definition) is 1. The largest absolute Gasteiger partial charge is 0.240 e. The third-order valence-corrected chi connectivity index (χ3v) is 2.59. The van der Waals surface area contributed by atoms with Crippen molar-refractivity contribution in [1.29, 1.82) is 0 Å². The molecule has 2 heterocycles. The number of benzene rings is 1. The Balaban J connectivity index is 2.25. The van der Waals surface area contributed by atoms with Gasteiger partial charge in [-0.15, -0.1) is 0 Å². The Morgan fingerprint density at radius 1 is 1.00 bits per heavy atom. The van der Waals surface area contributed by atoms with Crippen molar-refractivity contribution in [3.05, 3.63) is 60.7 Å². The van der Waals surface area contributed by atoms with Crippen LogP contribution < -0.4 is 0 Å². The second kappa shape index (κ2) is 3.45. The molecule has 2 aromatic heterocycles. The van der Waals surface area contributed by atoms with Gasteiger partial charge in [-0.2, -0.15) is 5.10 Å². The van der Waals surface area contributed by atoms with Crippen molar-refractivity contribution in [2.24, 2.45) is 0 Å². The summed E-state index contributed by atoms with van der Waals surface area (Å²) in [6.07, 6.45) is 3.64. The first-order valence-electron chi connectivity index (χ1n) is 5.03. The molecule has 3 aromatic rings. The zero-order valence-corrected chi connectivity index (χ0v) is 8.47. The molecule has 0 spiro atoms. The molecule has 0 aliphatic rings. The van der Waals surface area contributed by atoms with E-state index in [9.17, 15) is 4.39 Å². The molecular weight excluding hydrogens is 203 g/mol. The summed E-state index contributed by atoms with van der Waals surface area (Å²) in [7, 11) is 0. The van der Waals surface area contributed by atoms with Crippen LogP contribution >= 0.6 is 0 Å². The van der Waals surface area contributed by atoms with Gasteiger partial charge in [0.1, 0.15) is 5.82 Å². The van der Waals surface area contributed by atoms with Crippen LogP contribution in [-0.4, -0.2) is 9.61 Å². The van der Waals surface area contributed by atoms with E-state index < -0.39 is 0 Å². The number of nitrogens with zero attached hydrogens (tertiary/aromatic N) is 2. The molecule has 3 rings (SSSR count). The molecule has 0 atom stereocenters. The number of rotatable bonds is 1. The summed E-state index contributed by atoms with van der Waals surface area (Å²) in [4.78, 5) is 0. The molecule has 0 aliphatic heterocycles. The molecule has 0 fully saturated rings. The minimum absolute atomic E-state index is 0.218. The predicted molar refractivity (Wildman–Crippen MR) is 60.6 cm³/mol. The van der Waals surface area contributed by atoms with Crippen molar-refractivity contribution in [2.75, 3.05) is 0 Å². The van der Waals surface area contributed by atoms with Crippen LogP contribution in [0.5, 0.6) is 0 Å². The number of halogens is 1. The molecule has 78 valence electrons. The Bertz CT molecular complexity index is 626. The van der Waals surface area contributed by atoms with Gasteiger partial charge in [0.15, 0.2) is 0 Å². The van der Waals surface area contributed by atoms with Gasteiger partial charge in [0.05, 0.1) is 5.52 Å². The van der Waals surface area contributed by atoms with E-state index in [1.807, 2.05) is 24.4 Å². The average Bonchev–Trinajstić information content (AvgIpc) is 2.78. The van der Waals surface area contributed by atoms with Gasteiger partial charge in [-0.1, -0.05) is 18.2 Å². The smallest absolute Gasteiger partial charge is 0.123 e. The molecule has 0 saturated heterocycles. The monoisotopic (exact) mass is 212 g/mol. The predicted octanol–water partition coefficient (Wildman–Crippen LogP) is 3.14. The van der Waals surface area contributed by atoms with Gasteiger partial charge in [0.2, 0.25) is 0 Å². The normalized spacial score (nSPS) is 10.8. The van der Waals surface area contributed by atoms with Gasteiger partial charge in [-0.3, -0.25) is 0 Å². The topological polar surface area (TPSA) is 17.3 Å². The lowest BCUT2D eigenvalue weighted by Crippen LogP contribution is -1.88. The van der Waals surface area contributed by atoms with Gasteiger partial charge >= 0.3 is 0 Å². The molecule has 0 unspecified atom stereocenters. The third-order valence-electron chi connectivity index (χ3n) is 2.59. The zero-order valence-electron chi connectivity index (χ0n) is 8.47. The van der Waals surface area contributed by atoms with Crippen LogP contribution in [0.4, 0.5) is 4.39 Å².